The Morgan fingerprint density at radius 1 is 1.39 bits per heavy atom. The van der Waals surface area contributed by atoms with Crippen LogP contribution in [0.2, 0.25) is 10.0 Å². The molecule has 0 radical (unpaired) electrons. The molecular weight excluding hydrogens is 339 g/mol. The van der Waals surface area contributed by atoms with Gasteiger partial charge in [-0.05, 0) is 17.7 Å². The minimum Gasteiger partial charge on any atom is -0.422 e. The summed E-state index contributed by atoms with van der Waals surface area (Å²) in [6, 6.07) is 7.24. The number of H-pyrrole nitrogens is 1. The van der Waals surface area contributed by atoms with E-state index in [4.69, 9.17) is 38.1 Å². The van der Waals surface area contributed by atoms with Crippen molar-refractivity contribution in [2.45, 2.75) is 12.5 Å². The molecule has 0 bridgehead atoms. The number of ether oxygens (including phenoxy) is 2. The first-order valence-corrected chi connectivity index (χ1v) is 7.50. The van der Waals surface area contributed by atoms with Gasteiger partial charge in [0.05, 0.1) is 18.4 Å². The van der Waals surface area contributed by atoms with E-state index in [1.807, 2.05) is 0 Å². The molecule has 0 fully saturated rings. The summed E-state index contributed by atoms with van der Waals surface area (Å²) >= 11 is 12.7. The number of halogens is 2. The number of fused-ring (bicyclic) bond motifs is 1. The number of benzene rings is 1. The fourth-order valence-corrected chi connectivity index (χ4v) is 3.39. The van der Waals surface area contributed by atoms with Gasteiger partial charge in [0.25, 0.3) is 0 Å². The standard InChI is InChI=1S/C15H12Cl2N4O2/c1-22-6-10-13-11(12-8(16)3-2-4-9(12)17)7(5-18)14(19)23-15(13)21-20-10/h2-4,7,11,19H,6H2,1H3,(H,20,21). The molecule has 0 saturated heterocycles. The zero-order chi connectivity index (χ0) is 16.6. The molecule has 0 saturated carbocycles. The van der Waals surface area contributed by atoms with Crippen molar-refractivity contribution in [3.63, 3.8) is 0 Å². The van der Waals surface area contributed by atoms with Crippen LogP contribution < -0.4 is 4.74 Å². The van der Waals surface area contributed by atoms with E-state index in [1.54, 1.807) is 25.3 Å². The Morgan fingerprint density at radius 3 is 2.70 bits per heavy atom. The van der Waals surface area contributed by atoms with E-state index in [-0.39, 0.29) is 18.4 Å². The molecule has 1 aromatic carbocycles. The maximum absolute atomic E-state index is 9.54. The van der Waals surface area contributed by atoms with Crippen molar-refractivity contribution in [1.29, 1.82) is 10.7 Å². The highest BCUT2D eigenvalue weighted by molar-refractivity contribution is 6.36. The molecular formula is C15H12Cl2N4O2. The van der Waals surface area contributed by atoms with Gasteiger partial charge in [-0.25, -0.2) is 0 Å². The van der Waals surface area contributed by atoms with Crippen LogP contribution in [0, 0.1) is 22.7 Å². The lowest BCUT2D eigenvalue weighted by Gasteiger charge is -2.29. The summed E-state index contributed by atoms with van der Waals surface area (Å²) in [5, 5.41) is 25.3. The molecule has 118 valence electrons. The van der Waals surface area contributed by atoms with Gasteiger partial charge in [-0.1, -0.05) is 29.3 Å². The summed E-state index contributed by atoms with van der Waals surface area (Å²) in [5.41, 5.74) is 1.89. The van der Waals surface area contributed by atoms with Crippen LogP contribution in [0.4, 0.5) is 0 Å². The highest BCUT2D eigenvalue weighted by atomic mass is 35.5. The Morgan fingerprint density at radius 2 is 2.09 bits per heavy atom. The fraction of sp³-hybridized carbons (Fsp3) is 0.267. The van der Waals surface area contributed by atoms with Crippen molar-refractivity contribution in [3.8, 4) is 11.9 Å². The summed E-state index contributed by atoms with van der Waals surface area (Å²) in [4.78, 5) is 0. The van der Waals surface area contributed by atoms with Crippen LogP contribution in [0.25, 0.3) is 0 Å². The molecule has 3 rings (SSSR count). The SMILES string of the molecule is COCc1[nH]nc2c1C(c1c(Cl)cccc1Cl)C(C#N)C(=N)O2. The first-order chi connectivity index (χ1) is 11.1. The van der Waals surface area contributed by atoms with Crippen molar-refractivity contribution in [3.05, 3.63) is 45.1 Å². The number of nitrogens with zero attached hydrogens (tertiary/aromatic N) is 2. The van der Waals surface area contributed by atoms with Crippen LogP contribution in [0.15, 0.2) is 18.2 Å². The number of rotatable bonds is 3. The zero-order valence-electron chi connectivity index (χ0n) is 12.1. The molecule has 2 unspecified atom stereocenters. The van der Waals surface area contributed by atoms with Crippen LogP contribution in [-0.4, -0.2) is 23.2 Å². The average Bonchev–Trinajstić information content (AvgIpc) is 2.90. The monoisotopic (exact) mass is 350 g/mol. The summed E-state index contributed by atoms with van der Waals surface area (Å²) in [7, 11) is 1.55. The number of aromatic amines is 1. The van der Waals surface area contributed by atoms with Gasteiger partial charge in [0.2, 0.25) is 11.8 Å². The third kappa shape index (κ3) is 2.57. The van der Waals surface area contributed by atoms with Gasteiger partial charge >= 0.3 is 0 Å². The van der Waals surface area contributed by atoms with Gasteiger partial charge in [-0.15, -0.1) is 5.10 Å². The number of aromatic nitrogens is 2. The van der Waals surface area contributed by atoms with Crippen molar-refractivity contribution >= 4 is 29.1 Å². The number of nitrogens with one attached hydrogen (secondary N) is 2. The van der Waals surface area contributed by atoms with Crippen LogP contribution in [0.5, 0.6) is 5.88 Å². The zero-order valence-corrected chi connectivity index (χ0v) is 13.6. The first kappa shape index (κ1) is 15.8. The second-order valence-electron chi connectivity index (χ2n) is 5.04. The maximum atomic E-state index is 9.54. The summed E-state index contributed by atoms with van der Waals surface area (Å²) in [5.74, 6) is -1.35. The van der Waals surface area contributed by atoms with E-state index in [0.29, 0.717) is 26.9 Å². The van der Waals surface area contributed by atoms with Crippen LogP contribution in [-0.2, 0) is 11.3 Å². The van der Waals surface area contributed by atoms with Crippen molar-refractivity contribution in [1.82, 2.24) is 10.2 Å². The maximum Gasteiger partial charge on any atom is 0.243 e. The predicted octanol–water partition coefficient (Wildman–Crippen LogP) is 3.50. The Kier molecular flexibility index (Phi) is 4.26. The lowest BCUT2D eigenvalue weighted by Crippen LogP contribution is -2.31. The molecule has 1 aliphatic rings. The summed E-state index contributed by atoms with van der Waals surface area (Å²) < 4.78 is 10.5. The quantitative estimate of drug-likeness (QED) is 0.885. The van der Waals surface area contributed by atoms with Gasteiger partial charge in [0, 0.05) is 28.6 Å². The van der Waals surface area contributed by atoms with E-state index in [0.717, 1.165) is 0 Å². The third-order valence-electron chi connectivity index (χ3n) is 3.72. The molecule has 0 spiro atoms. The van der Waals surface area contributed by atoms with Crippen molar-refractivity contribution in [2.75, 3.05) is 7.11 Å². The van der Waals surface area contributed by atoms with Crippen LogP contribution in [0.3, 0.4) is 0 Å². The number of nitriles is 1. The largest absolute Gasteiger partial charge is 0.422 e. The molecule has 2 atom stereocenters. The average molecular weight is 351 g/mol. The van der Waals surface area contributed by atoms with E-state index < -0.39 is 11.8 Å². The minimum absolute atomic E-state index is 0.184. The molecule has 0 aliphatic carbocycles. The number of hydrogen-bond acceptors (Lipinski definition) is 5. The van der Waals surface area contributed by atoms with Gasteiger partial charge < -0.3 is 9.47 Å². The molecule has 6 nitrogen and oxygen atoms in total. The molecule has 0 amide bonds. The topological polar surface area (TPSA) is 94.8 Å². The second-order valence-corrected chi connectivity index (χ2v) is 5.85. The molecule has 1 aromatic heterocycles. The minimum atomic E-state index is -0.854. The Balaban J connectivity index is 2.26. The predicted molar refractivity (Wildman–Crippen MR) is 85.1 cm³/mol. The molecule has 1 aliphatic heterocycles. The fourth-order valence-electron chi connectivity index (χ4n) is 2.76. The van der Waals surface area contributed by atoms with E-state index in [9.17, 15) is 5.26 Å². The van der Waals surface area contributed by atoms with Crippen LogP contribution in [0.1, 0.15) is 22.7 Å². The molecule has 8 heteroatoms. The summed E-state index contributed by atoms with van der Waals surface area (Å²) in [6.07, 6.45) is 0. The van der Waals surface area contributed by atoms with Crippen molar-refractivity contribution < 1.29 is 9.47 Å². The lowest BCUT2D eigenvalue weighted by molar-refractivity contribution is 0.180. The number of methoxy groups -OCH3 is 1. The van der Waals surface area contributed by atoms with Crippen LogP contribution >= 0.6 is 23.2 Å². The van der Waals surface area contributed by atoms with E-state index >= 15 is 0 Å². The van der Waals surface area contributed by atoms with Gasteiger partial charge in [-0.2, -0.15) is 5.26 Å². The van der Waals surface area contributed by atoms with Crippen molar-refractivity contribution in [2.24, 2.45) is 5.92 Å². The second kappa shape index (κ2) is 6.20. The molecule has 2 heterocycles. The highest BCUT2D eigenvalue weighted by Gasteiger charge is 2.42. The van der Waals surface area contributed by atoms with Gasteiger partial charge in [-0.3, -0.25) is 10.5 Å². The van der Waals surface area contributed by atoms with E-state index in [2.05, 4.69) is 16.3 Å². The number of hydrogen-bond donors (Lipinski definition) is 2. The lowest BCUT2D eigenvalue weighted by atomic mass is 9.79. The Labute approximate surface area is 142 Å². The normalized spacial score (nSPS) is 19.8. The summed E-state index contributed by atoms with van der Waals surface area (Å²) in [6.45, 7) is 0.260. The van der Waals surface area contributed by atoms with E-state index in [1.165, 1.54) is 0 Å². The third-order valence-corrected chi connectivity index (χ3v) is 4.38. The highest BCUT2D eigenvalue weighted by Crippen LogP contribution is 2.47. The Bertz CT molecular complexity index is 792. The first-order valence-electron chi connectivity index (χ1n) is 6.74. The smallest absolute Gasteiger partial charge is 0.243 e. The van der Waals surface area contributed by atoms with Gasteiger partial charge in [0.1, 0.15) is 5.92 Å². The van der Waals surface area contributed by atoms with Gasteiger partial charge in [0.15, 0.2) is 0 Å². The molecule has 23 heavy (non-hydrogen) atoms. The molecule has 2 aromatic rings. The Hall–Kier alpha value is -2.07. The molecule has 2 N–H and O–H groups in total.